The number of ether oxygens (including phenoxy) is 6. The number of nitrogens with zero attached hydrogens (tertiary/aromatic N) is 1. The maximum absolute atomic E-state index is 16.4. The molecule has 8 aliphatic heterocycles. The molecule has 6 aromatic carbocycles. The number of carbonyl (C=O) groups excluding carboxylic acids is 9. The topological polar surface area (TPSA) is 580 Å². The maximum Gasteiger partial charge on any atom is 0.330 e. The molecule has 9 aliphatic rings. The van der Waals surface area contributed by atoms with Crippen LogP contribution in [0.1, 0.15) is 123 Å². The van der Waals surface area contributed by atoms with Crippen LogP contribution in [0.4, 0.5) is 0 Å². The Morgan fingerprint density at radius 3 is 1.95 bits per heavy atom. The summed E-state index contributed by atoms with van der Waals surface area (Å²) >= 11 is 14.3. The molecule has 11 bridgehead atoms. The van der Waals surface area contributed by atoms with Gasteiger partial charge in [-0.15, -0.1) is 6.58 Å². The fourth-order valence-corrected chi connectivity index (χ4v) is 17.2. The molecule has 1 saturated carbocycles. The van der Waals surface area contributed by atoms with Gasteiger partial charge in [-0.25, -0.2) is 4.79 Å². The Bertz CT molecular complexity index is 5220. The number of aromatic hydroxyl groups is 3. The number of aliphatic hydroxyl groups is 6. The number of aliphatic hydroxyl groups excluding tert-OH is 6. The van der Waals surface area contributed by atoms with Gasteiger partial charge < -0.3 is 128 Å². The number of nitrogens with one attached hydrogen (secondary N) is 8. The van der Waals surface area contributed by atoms with Gasteiger partial charge in [-0.05, 0) is 134 Å². The number of hydrogen-bond donors (Lipinski definition) is 20. The van der Waals surface area contributed by atoms with Crippen LogP contribution in [0.3, 0.4) is 0 Å². The lowest BCUT2D eigenvalue weighted by atomic mass is 9.86. The number of likely N-dealkylation sites (N-methyl/N-ethyl adjacent to an activating group) is 1. The van der Waals surface area contributed by atoms with Gasteiger partial charge in [-0.1, -0.05) is 104 Å². The summed E-state index contributed by atoms with van der Waals surface area (Å²) in [5.41, 5.74) is 7.94. The second-order valence-corrected chi connectivity index (χ2v) is 33.1. The van der Waals surface area contributed by atoms with Crippen LogP contribution in [0.15, 0.2) is 122 Å². The molecule has 8 unspecified atom stereocenters. The number of imide groups is 1. The zero-order valence-corrected chi connectivity index (χ0v) is 68.8. The quantitative estimate of drug-likeness (QED) is 0.0385. The molecule has 0 radical (unpaired) electrons. The number of aliphatic carboxylic acids is 1. The molecule has 0 aromatic heterocycles. The minimum Gasteiger partial charge on any atom is -0.507 e. The van der Waals surface area contributed by atoms with Gasteiger partial charge in [0.1, 0.15) is 89.5 Å². The molecule has 39 heteroatoms. The van der Waals surface area contributed by atoms with Crippen molar-refractivity contribution < 1.29 is 127 Å². The smallest absolute Gasteiger partial charge is 0.330 e. The lowest BCUT2D eigenvalue weighted by Crippen LogP contribution is -2.64. The molecule has 660 valence electrons. The van der Waals surface area contributed by atoms with Crippen molar-refractivity contribution in [1.82, 2.24) is 47.4 Å². The number of hydrogen-bond acceptors (Lipinski definition) is 28. The first-order chi connectivity index (χ1) is 58.9. The molecule has 124 heavy (non-hydrogen) atoms. The van der Waals surface area contributed by atoms with Crippen molar-refractivity contribution in [3.63, 3.8) is 0 Å². The third-order valence-corrected chi connectivity index (χ3v) is 23.8. The van der Waals surface area contributed by atoms with Crippen molar-refractivity contribution >= 4 is 88.4 Å². The second kappa shape index (κ2) is 37.2. The summed E-state index contributed by atoms with van der Waals surface area (Å²) in [4.78, 5) is 149. The summed E-state index contributed by atoms with van der Waals surface area (Å²) in [6, 6.07) is 7.04. The standard InChI is InChI=1S/C85H95Cl2N11O26/c1-7-37-22-38(14-13-36-11-9-8-10-12-36)60-59(37)81(115)98(82(60)116)33-91-31-45-51(101)28-44-61(69(45)105)43-23-39(15-18-50(43)100)62-77(111)97-66(80(114)95-64(44)83(117)118)68(104)41-17-20-53(47(87)25-41)121-55-27-42-26-54(72(55)124-84-73(71(107)70(106)56(32-99)122-84)123-58-30-85(5,89)74(108)35(4)119-58)120-52-19-16-40(24-46(52)86)67(103)65(96-75(109)48(90-6)21-34(2)3)79(113)92-49(29-57(88)102)76(110)93-63(42)78(112)94-62/h7-20,23-28,34-35,37-38,48-49,56,58-60,62-68,70-71,73-74,84,90-91,99-101,103-108H,1,21-22,29-33,89H2,2-6H3,(H2,88,102)(H,92,113)(H,93,110)(H,94,112)(H,95,114)(H,96,109)(H,97,111)(H,117,118)/b14-13+/t35?,37?,38?,48-,49-,56?,58+,59-,60+,62+,63+,64-,65?,66-,67+,68+,70-,71+,73?,74+,84?,85?/m0/s1. The number of carbonyl (C=O) groups is 10. The first-order valence-corrected chi connectivity index (χ1v) is 40.5. The van der Waals surface area contributed by atoms with Crippen LogP contribution in [0.2, 0.25) is 10.0 Å². The molecule has 0 spiro atoms. The van der Waals surface area contributed by atoms with Crippen molar-refractivity contribution in [3.8, 4) is 57.1 Å². The van der Waals surface area contributed by atoms with Gasteiger partial charge in [-0.2, -0.15) is 0 Å². The van der Waals surface area contributed by atoms with E-state index in [1.165, 1.54) is 33.0 Å². The van der Waals surface area contributed by atoms with Gasteiger partial charge >= 0.3 is 5.97 Å². The lowest BCUT2D eigenvalue weighted by Gasteiger charge is -2.47. The molecule has 22 N–H and O–H groups in total. The summed E-state index contributed by atoms with van der Waals surface area (Å²) in [6.45, 7) is 8.40. The number of fused-ring (bicyclic) bond motifs is 16. The molecule has 4 fully saturated rings. The van der Waals surface area contributed by atoms with Crippen molar-refractivity contribution in [2.24, 2.45) is 41.1 Å². The summed E-state index contributed by atoms with van der Waals surface area (Å²) < 4.78 is 38.6. The molecule has 22 atom stereocenters. The average Bonchev–Trinajstić information content (AvgIpc) is 1.56. The van der Waals surface area contributed by atoms with Crippen molar-refractivity contribution in [3.05, 3.63) is 171 Å². The highest BCUT2D eigenvalue weighted by atomic mass is 35.5. The minimum absolute atomic E-state index is 0.125. The molecule has 9 amide bonds. The van der Waals surface area contributed by atoms with Crippen LogP contribution in [0, 0.1) is 29.6 Å². The number of primary amides is 1. The number of halogens is 2. The Balaban J connectivity index is 0.977. The van der Waals surface area contributed by atoms with Crippen LogP contribution in [-0.4, -0.2) is 214 Å². The fourth-order valence-electron chi connectivity index (χ4n) is 16.7. The molecule has 15 rings (SSSR count). The third-order valence-electron chi connectivity index (χ3n) is 23.2. The number of phenols is 3. The normalized spacial score (nSPS) is 29.7. The monoisotopic (exact) mass is 1760 g/mol. The zero-order chi connectivity index (χ0) is 89.5. The number of likely N-dealkylation sites (tertiary alicyclic amines) is 1. The average molecular weight is 1760 g/mol. The first-order valence-electron chi connectivity index (χ1n) is 39.8. The second-order valence-electron chi connectivity index (χ2n) is 32.3. The van der Waals surface area contributed by atoms with Crippen LogP contribution >= 0.6 is 23.2 Å². The number of phenolic OH excluding ortho intramolecular Hbond substituents is 3. The molecular formula is C85H95Cl2N11O26. The van der Waals surface area contributed by atoms with E-state index in [0.29, 0.717) is 6.42 Å². The molecule has 8 heterocycles. The van der Waals surface area contributed by atoms with Gasteiger partial charge in [-0.3, -0.25) is 53.4 Å². The first kappa shape index (κ1) is 90.3. The minimum atomic E-state index is -2.42. The predicted molar refractivity (Wildman–Crippen MR) is 437 cm³/mol. The molecule has 6 aromatic rings. The number of carboxylic acid groups (broad SMARTS) is 1. The zero-order valence-electron chi connectivity index (χ0n) is 67.3. The van der Waals surface area contributed by atoms with Crippen LogP contribution in [0.5, 0.6) is 46.0 Å². The van der Waals surface area contributed by atoms with E-state index in [4.69, 9.17) is 63.1 Å². The largest absolute Gasteiger partial charge is 0.507 e. The van der Waals surface area contributed by atoms with E-state index in [0.717, 1.165) is 71.1 Å². The van der Waals surface area contributed by atoms with E-state index < -0.39 is 302 Å². The van der Waals surface area contributed by atoms with Gasteiger partial charge in [0.2, 0.25) is 65.2 Å². The Kier molecular flexibility index (Phi) is 27.1. The number of carboxylic acids is 1. The van der Waals surface area contributed by atoms with Gasteiger partial charge in [0.25, 0.3) is 0 Å². The van der Waals surface area contributed by atoms with Crippen LogP contribution in [0.25, 0.3) is 17.2 Å². The van der Waals surface area contributed by atoms with Gasteiger partial charge in [0, 0.05) is 35.2 Å². The Labute approximate surface area is 718 Å². The summed E-state index contributed by atoms with van der Waals surface area (Å²) in [5.74, 6) is -20.4. The third kappa shape index (κ3) is 18.6. The van der Waals surface area contributed by atoms with E-state index in [1.54, 1.807) is 6.08 Å². The fraction of sp³-hybridized carbons (Fsp3) is 0.412. The number of amides is 9. The van der Waals surface area contributed by atoms with Gasteiger partial charge in [0.15, 0.2) is 29.9 Å². The molecule has 37 nitrogen and oxygen atoms in total. The van der Waals surface area contributed by atoms with E-state index >= 15 is 24.0 Å². The number of benzene rings is 6. The van der Waals surface area contributed by atoms with E-state index in [1.807, 2.05) is 56.3 Å². The van der Waals surface area contributed by atoms with Crippen molar-refractivity contribution in [1.29, 1.82) is 0 Å². The molecule has 3 saturated heterocycles. The number of allylic oxidation sites excluding steroid dienone is 2. The predicted octanol–water partition coefficient (Wildman–Crippen LogP) is 2.29. The van der Waals surface area contributed by atoms with Crippen molar-refractivity contribution in [2.45, 2.75) is 169 Å². The van der Waals surface area contributed by atoms with Gasteiger partial charge in [0.05, 0.1) is 65.4 Å². The Morgan fingerprint density at radius 1 is 0.726 bits per heavy atom. The van der Waals surface area contributed by atoms with Crippen molar-refractivity contribution in [2.75, 3.05) is 20.3 Å². The highest BCUT2D eigenvalue weighted by Gasteiger charge is 2.58. The SMILES string of the molecule is C=CC1CC(/C=C/c2ccccc2)[C@H]2C(=O)N(CNCc3c(O)cc4c(c3O)-c3cc(ccc3O)[C@H]3NC(=O)[C@@H]5NC(=O)[C@H](CC(N)=O)NC(=O)C(NC(=O)[C@H](CC(C)C)NC)[C@H](O)c6ccc(c(Cl)c6)Oc6cc5cc(c6OC5OC(CO)[C@H](O)[C@@H](O)C5O[C@@H]5CC(C)(N)[C@H](O)C(C)O5)Oc5ccc(cc5Cl)[C@@H](O)[C@H](NC3=O)C(=O)N[C@@H]4C(=O)O)C(=O)[C@@H]12. The molecule has 1 aliphatic carbocycles. The summed E-state index contributed by atoms with van der Waals surface area (Å²) in [6.07, 6.45) is -13.2. The lowest BCUT2D eigenvalue weighted by molar-refractivity contribution is -0.333. The van der Waals surface area contributed by atoms with E-state index in [9.17, 15) is 75.0 Å². The highest BCUT2D eigenvalue weighted by Crippen LogP contribution is 2.53. The van der Waals surface area contributed by atoms with Crippen LogP contribution in [-0.2, 0) is 68.7 Å². The molecular weight excluding hydrogens is 1660 g/mol. The Hall–Kier alpha value is -11.4. The maximum atomic E-state index is 16.4. The Morgan fingerprint density at radius 2 is 1.35 bits per heavy atom. The summed E-state index contributed by atoms with van der Waals surface area (Å²) in [5, 5.41) is 138. The van der Waals surface area contributed by atoms with E-state index in [2.05, 4.69) is 49.1 Å². The van der Waals surface area contributed by atoms with E-state index in [-0.39, 0.29) is 35.6 Å². The summed E-state index contributed by atoms with van der Waals surface area (Å²) in [7, 11) is 1.46. The van der Waals surface area contributed by atoms with Crippen LogP contribution < -0.4 is 68.2 Å². The number of rotatable bonds is 20. The number of nitrogens with two attached hydrogens (primary N) is 2. The highest BCUT2D eigenvalue weighted by molar-refractivity contribution is 6.32.